The van der Waals surface area contributed by atoms with Crippen LogP contribution in [0.1, 0.15) is 33.6 Å². The normalized spacial score (nSPS) is 24.7. The second kappa shape index (κ2) is 7.16. The van der Waals surface area contributed by atoms with E-state index in [1.165, 1.54) is 25.3 Å². The van der Waals surface area contributed by atoms with Gasteiger partial charge in [0.15, 0.2) is 5.54 Å². The number of nitrogens with one attached hydrogen (secondary N) is 1. The standard InChI is InChI=1S/C20H18ClF3N4O2/c1-8-4-11(27-17(29)16-9(2)3-10(21)7-26-16)5-13(15(8)22)20(18(23)24)12-6-14(12)30-19(25)28-20/h3-5,7,12,14,18H,6H2,1-2H3,(H2,25,28)(H,27,29)/t12?,14-,20+/m1/s1. The smallest absolute Gasteiger partial charge is 0.283 e. The molecule has 1 fully saturated rings. The average molecular weight is 439 g/mol. The fourth-order valence-corrected chi connectivity index (χ4v) is 4.11. The summed E-state index contributed by atoms with van der Waals surface area (Å²) < 4.78 is 48.8. The second-order valence-corrected chi connectivity index (χ2v) is 7.94. The molecule has 3 N–H and O–H groups in total. The number of aryl methyl sites for hydroxylation is 2. The van der Waals surface area contributed by atoms with E-state index in [2.05, 4.69) is 15.3 Å². The van der Waals surface area contributed by atoms with Gasteiger partial charge in [-0.2, -0.15) is 0 Å². The highest BCUT2D eigenvalue weighted by Crippen LogP contribution is 2.56. The van der Waals surface area contributed by atoms with Crippen molar-refractivity contribution >= 4 is 29.2 Å². The summed E-state index contributed by atoms with van der Waals surface area (Å²) in [6.07, 6.45) is -1.94. The molecule has 0 saturated heterocycles. The fraction of sp³-hybridized carbons (Fsp3) is 0.350. The number of carbonyl (C=O) groups excluding carboxylic acids is 1. The van der Waals surface area contributed by atoms with E-state index in [0.717, 1.165) is 0 Å². The summed E-state index contributed by atoms with van der Waals surface area (Å²) in [4.78, 5) is 20.5. The summed E-state index contributed by atoms with van der Waals surface area (Å²) in [5.74, 6) is -2.10. The highest BCUT2D eigenvalue weighted by molar-refractivity contribution is 6.30. The van der Waals surface area contributed by atoms with Crippen molar-refractivity contribution in [1.29, 1.82) is 0 Å². The predicted octanol–water partition coefficient (Wildman–Crippen LogP) is 3.94. The number of carbonyl (C=O) groups is 1. The van der Waals surface area contributed by atoms with Crippen LogP contribution in [0.5, 0.6) is 0 Å². The monoisotopic (exact) mass is 438 g/mol. The molecular formula is C20H18ClF3N4O2. The number of anilines is 1. The number of amides is 1. The van der Waals surface area contributed by atoms with Gasteiger partial charge in [0.05, 0.1) is 5.02 Å². The van der Waals surface area contributed by atoms with E-state index in [-0.39, 0.29) is 28.9 Å². The largest absolute Gasteiger partial charge is 0.462 e. The van der Waals surface area contributed by atoms with Crippen molar-refractivity contribution in [1.82, 2.24) is 4.98 Å². The highest BCUT2D eigenvalue weighted by Gasteiger charge is 2.64. The van der Waals surface area contributed by atoms with E-state index in [9.17, 15) is 13.6 Å². The molecule has 158 valence electrons. The molecular weight excluding hydrogens is 421 g/mol. The van der Waals surface area contributed by atoms with Crippen LogP contribution in [-0.4, -0.2) is 29.4 Å². The number of alkyl halides is 2. The zero-order valence-electron chi connectivity index (χ0n) is 16.0. The van der Waals surface area contributed by atoms with E-state index < -0.39 is 41.7 Å². The maximum atomic E-state index is 15.0. The van der Waals surface area contributed by atoms with Gasteiger partial charge in [0.25, 0.3) is 18.4 Å². The van der Waals surface area contributed by atoms with Crippen LogP contribution in [0.25, 0.3) is 0 Å². The Morgan fingerprint density at radius 2 is 2.07 bits per heavy atom. The summed E-state index contributed by atoms with van der Waals surface area (Å²) in [5, 5.41) is 2.97. The number of nitrogens with two attached hydrogens (primary N) is 1. The highest BCUT2D eigenvalue weighted by atomic mass is 35.5. The van der Waals surface area contributed by atoms with Gasteiger partial charge in [-0.1, -0.05) is 11.6 Å². The number of nitrogens with zero attached hydrogens (tertiary/aromatic N) is 2. The number of amidine groups is 1. The molecule has 10 heteroatoms. The molecule has 2 aliphatic rings. The van der Waals surface area contributed by atoms with Crippen LogP contribution in [0.3, 0.4) is 0 Å². The summed E-state index contributed by atoms with van der Waals surface area (Å²) in [6.45, 7) is 3.09. The van der Waals surface area contributed by atoms with Gasteiger partial charge in [-0.3, -0.25) is 4.79 Å². The van der Waals surface area contributed by atoms with Crippen LogP contribution in [-0.2, 0) is 10.3 Å². The first-order valence-corrected chi connectivity index (χ1v) is 9.55. The third-order valence-electron chi connectivity index (χ3n) is 5.40. The van der Waals surface area contributed by atoms with Crippen molar-refractivity contribution in [2.24, 2.45) is 16.6 Å². The molecule has 1 aromatic carbocycles. The van der Waals surface area contributed by atoms with Crippen molar-refractivity contribution in [3.8, 4) is 0 Å². The van der Waals surface area contributed by atoms with Gasteiger partial charge in [-0.15, -0.1) is 0 Å². The van der Waals surface area contributed by atoms with Gasteiger partial charge < -0.3 is 15.8 Å². The number of aromatic nitrogens is 1. The molecule has 1 saturated carbocycles. The Hall–Kier alpha value is -2.81. The Morgan fingerprint density at radius 3 is 2.73 bits per heavy atom. The van der Waals surface area contributed by atoms with Crippen molar-refractivity contribution in [3.63, 3.8) is 0 Å². The second-order valence-electron chi connectivity index (χ2n) is 7.50. The lowest BCUT2D eigenvalue weighted by Crippen LogP contribution is -2.43. The maximum Gasteiger partial charge on any atom is 0.283 e. The number of fused-ring (bicyclic) bond motifs is 1. The van der Waals surface area contributed by atoms with E-state index >= 15 is 4.39 Å². The quantitative estimate of drug-likeness (QED) is 0.756. The third-order valence-corrected chi connectivity index (χ3v) is 5.61. The van der Waals surface area contributed by atoms with Crippen LogP contribution in [0.4, 0.5) is 18.9 Å². The number of aliphatic imine (C=N–C) groups is 1. The zero-order chi connectivity index (χ0) is 21.8. The molecule has 1 aliphatic heterocycles. The zero-order valence-corrected chi connectivity index (χ0v) is 16.8. The lowest BCUT2D eigenvalue weighted by Gasteiger charge is -2.33. The van der Waals surface area contributed by atoms with Gasteiger partial charge in [0.1, 0.15) is 17.6 Å². The Kier molecular flexibility index (Phi) is 4.88. The van der Waals surface area contributed by atoms with Crippen LogP contribution in [0.15, 0.2) is 29.4 Å². The van der Waals surface area contributed by atoms with E-state index in [0.29, 0.717) is 10.6 Å². The molecule has 1 amide bonds. The lowest BCUT2D eigenvalue weighted by molar-refractivity contribution is 0.0176. The van der Waals surface area contributed by atoms with Crippen molar-refractivity contribution in [2.45, 2.75) is 38.3 Å². The van der Waals surface area contributed by atoms with Crippen molar-refractivity contribution < 1.29 is 22.7 Å². The van der Waals surface area contributed by atoms with E-state index in [1.54, 1.807) is 13.0 Å². The van der Waals surface area contributed by atoms with Gasteiger partial charge in [0, 0.05) is 23.4 Å². The van der Waals surface area contributed by atoms with Gasteiger partial charge in [-0.25, -0.2) is 23.1 Å². The molecule has 6 nitrogen and oxygen atoms in total. The minimum absolute atomic E-state index is 0.0843. The molecule has 30 heavy (non-hydrogen) atoms. The lowest BCUT2D eigenvalue weighted by atomic mass is 9.83. The van der Waals surface area contributed by atoms with Gasteiger partial charge in [0.2, 0.25) is 0 Å². The minimum Gasteiger partial charge on any atom is -0.462 e. The van der Waals surface area contributed by atoms with Crippen LogP contribution < -0.4 is 11.1 Å². The first-order valence-electron chi connectivity index (χ1n) is 9.17. The molecule has 1 aliphatic carbocycles. The van der Waals surface area contributed by atoms with Crippen LogP contribution in [0.2, 0.25) is 5.02 Å². The Balaban J connectivity index is 1.76. The Labute approximate surface area is 175 Å². The van der Waals surface area contributed by atoms with Gasteiger partial charge in [-0.05, 0) is 49.6 Å². The molecule has 4 rings (SSSR count). The molecule has 1 unspecified atom stereocenters. The molecule has 2 aromatic rings. The number of halogens is 4. The Bertz CT molecular complexity index is 1080. The molecule has 1 aromatic heterocycles. The average Bonchev–Trinajstić information content (AvgIpc) is 3.43. The summed E-state index contributed by atoms with van der Waals surface area (Å²) >= 11 is 5.86. The van der Waals surface area contributed by atoms with Crippen LogP contribution >= 0.6 is 11.6 Å². The minimum atomic E-state index is -3.02. The first kappa shape index (κ1) is 20.5. The topological polar surface area (TPSA) is 89.6 Å². The first-order chi connectivity index (χ1) is 14.1. The Morgan fingerprint density at radius 1 is 1.33 bits per heavy atom. The molecule has 2 heterocycles. The molecule has 0 radical (unpaired) electrons. The maximum absolute atomic E-state index is 15.0. The molecule has 0 spiro atoms. The van der Waals surface area contributed by atoms with Crippen molar-refractivity contribution in [3.05, 3.63) is 57.6 Å². The number of hydrogen-bond acceptors (Lipinski definition) is 5. The number of ether oxygens (including phenoxy) is 1. The summed E-state index contributed by atoms with van der Waals surface area (Å²) in [7, 11) is 0. The van der Waals surface area contributed by atoms with Gasteiger partial charge >= 0.3 is 0 Å². The third kappa shape index (κ3) is 3.27. The number of hydrogen-bond donors (Lipinski definition) is 2. The number of pyridine rings is 1. The SMILES string of the molecule is Cc1cc(Cl)cnc1C(=O)Nc1cc(C)c(F)c([C@@]2(C(F)F)N=C(N)O[C@@H]3CC32)c1. The number of benzene rings is 1. The predicted molar refractivity (Wildman–Crippen MR) is 105 cm³/mol. The summed E-state index contributed by atoms with van der Waals surface area (Å²) in [5.41, 5.74) is 3.97. The molecule has 0 bridgehead atoms. The summed E-state index contributed by atoms with van der Waals surface area (Å²) in [6, 6.07) is 3.71. The van der Waals surface area contributed by atoms with Crippen molar-refractivity contribution in [2.75, 3.05) is 5.32 Å². The number of rotatable bonds is 4. The molecule has 3 atom stereocenters. The van der Waals surface area contributed by atoms with E-state index in [1.807, 2.05) is 0 Å². The van der Waals surface area contributed by atoms with Crippen LogP contribution in [0, 0.1) is 25.6 Å². The van der Waals surface area contributed by atoms with E-state index in [4.69, 9.17) is 22.1 Å². The fourth-order valence-electron chi connectivity index (χ4n) is 3.90.